The minimum absolute atomic E-state index is 0.00862. The van der Waals surface area contributed by atoms with Gasteiger partial charge in [-0.15, -0.1) is 0 Å². The molecule has 0 radical (unpaired) electrons. The van der Waals surface area contributed by atoms with Crippen LogP contribution in [0, 0.1) is 22.0 Å². The van der Waals surface area contributed by atoms with Crippen molar-refractivity contribution in [3.63, 3.8) is 0 Å². The second-order valence-corrected chi connectivity index (χ2v) is 12.2. The number of nitro groups is 1. The third-order valence-electron chi connectivity index (χ3n) is 9.63. The lowest BCUT2D eigenvalue weighted by Crippen LogP contribution is -2.52. The predicted octanol–water partition coefficient (Wildman–Crippen LogP) is 5.54. The highest BCUT2D eigenvalue weighted by Crippen LogP contribution is 2.61. The largest absolute Gasteiger partial charge is 0.457 e. The zero-order chi connectivity index (χ0) is 34.7. The molecule has 9 rings (SSSR count). The van der Waals surface area contributed by atoms with Crippen molar-refractivity contribution in [2.24, 2.45) is 11.8 Å². The smallest absolute Gasteiger partial charge is 0.379 e. The molecule has 2 bridgehead atoms. The number of ketones is 1. The molecule has 3 amide bonds. The van der Waals surface area contributed by atoms with Crippen LogP contribution in [0.3, 0.4) is 0 Å². The molecule has 2 heterocycles. The number of hydrogen-bond donors (Lipinski definition) is 0. The highest BCUT2D eigenvalue weighted by atomic mass is 16.6. The lowest BCUT2D eigenvalue weighted by atomic mass is 9.55. The molecule has 4 aliphatic rings. The van der Waals surface area contributed by atoms with Crippen LogP contribution in [0.2, 0.25) is 0 Å². The highest BCUT2D eigenvalue weighted by molar-refractivity contribution is 6.11. The molecule has 5 aromatic rings. The molecular weight excluding hydrogens is 642 g/mol. The number of furan rings is 1. The quantitative estimate of drug-likeness (QED) is 0.0518. The van der Waals surface area contributed by atoms with Gasteiger partial charge in [0, 0.05) is 35.1 Å². The van der Waals surface area contributed by atoms with Crippen LogP contribution in [-0.4, -0.2) is 51.0 Å². The summed E-state index contributed by atoms with van der Waals surface area (Å²) in [7, 11) is 0. The Hall–Kier alpha value is -6.69. The molecule has 1 aromatic heterocycles. The minimum atomic E-state index is -0.861. The Labute approximate surface area is 283 Å². The summed E-state index contributed by atoms with van der Waals surface area (Å²) in [6.45, 7) is -0.701. The van der Waals surface area contributed by atoms with Gasteiger partial charge in [0.15, 0.2) is 5.78 Å². The zero-order valence-corrected chi connectivity index (χ0v) is 26.0. The maximum absolute atomic E-state index is 14.5. The third-order valence-corrected chi connectivity index (χ3v) is 9.63. The highest BCUT2D eigenvalue weighted by Gasteiger charge is 2.63. The summed E-state index contributed by atoms with van der Waals surface area (Å²) in [6, 6.07) is 28.6. The summed E-state index contributed by atoms with van der Waals surface area (Å²) in [4.78, 5) is 79.9. The second-order valence-electron chi connectivity index (χ2n) is 12.2. The van der Waals surface area contributed by atoms with Gasteiger partial charge >= 0.3 is 5.97 Å². The molecule has 12 nitrogen and oxygen atoms in total. The Bertz CT molecular complexity index is 2110. The summed E-state index contributed by atoms with van der Waals surface area (Å²) in [5.41, 5.74) is 3.56. The predicted molar refractivity (Wildman–Crippen MR) is 174 cm³/mol. The van der Waals surface area contributed by atoms with Gasteiger partial charge in [0.1, 0.15) is 12.3 Å². The van der Waals surface area contributed by atoms with E-state index < -0.39 is 64.6 Å². The monoisotopic (exact) mass is 667 g/mol. The van der Waals surface area contributed by atoms with Crippen LogP contribution in [0.1, 0.15) is 65.4 Å². The van der Waals surface area contributed by atoms with E-state index in [-0.39, 0.29) is 28.3 Å². The zero-order valence-electron chi connectivity index (χ0n) is 26.0. The number of benzene rings is 4. The Morgan fingerprint density at radius 2 is 1.24 bits per heavy atom. The van der Waals surface area contributed by atoms with Crippen LogP contribution in [0.25, 0.3) is 0 Å². The topological polar surface area (TPSA) is 157 Å². The van der Waals surface area contributed by atoms with Crippen LogP contribution in [0.15, 0.2) is 120 Å². The fourth-order valence-corrected chi connectivity index (χ4v) is 7.50. The van der Waals surface area contributed by atoms with Crippen molar-refractivity contribution in [3.05, 3.63) is 165 Å². The molecule has 1 fully saturated rings. The van der Waals surface area contributed by atoms with E-state index in [9.17, 15) is 34.1 Å². The number of hydrazine groups is 1. The molecule has 0 unspecified atom stereocenters. The fraction of sp³-hybridized carbons (Fsp3) is 0.132. The average Bonchev–Trinajstić information content (AvgIpc) is 3.78. The van der Waals surface area contributed by atoms with Crippen LogP contribution >= 0.6 is 0 Å². The van der Waals surface area contributed by atoms with E-state index in [0.717, 1.165) is 44.4 Å². The van der Waals surface area contributed by atoms with Crippen LogP contribution in [0.5, 0.6) is 5.75 Å². The van der Waals surface area contributed by atoms with Gasteiger partial charge in [-0.25, -0.2) is 9.80 Å². The van der Waals surface area contributed by atoms with Crippen molar-refractivity contribution in [2.45, 2.75) is 11.8 Å². The van der Waals surface area contributed by atoms with E-state index in [1.807, 2.05) is 48.5 Å². The van der Waals surface area contributed by atoms with Gasteiger partial charge in [-0.1, -0.05) is 48.5 Å². The van der Waals surface area contributed by atoms with Crippen molar-refractivity contribution < 1.29 is 38.1 Å². The van der Waals surface area contributed by atoms with E-state index in [1.54, 1.807) is 0 Å². The number of hydrogen-bond acceptors (Lipinski definition) is 9. The average molecular weight is 668 g/mol. The summed E-state index contributed by atoms with van der Waals surface area (Å²) in [6.07, 6.45) is 1.33. The van der Waals surface area contributed by atoms with E-state index in [1.165, 1.54) is 54.8 Å². The molecule has 1 aliphatic heterocycles. The van der Waals surface area contributed by atoms with Crippen molar-refractivity contribution in [3.8, 4) is 5.75 Å². The normalized spacial score (nSPS) is 19.7. The van der Waals surface area contributed by atoms with Gasteiger partial charge in [0.05, 0.1) is 23.0 Å². The number of nitro benzene ring substituents is 1. The van der Waals surface area contributed by atoms with Crippen LogP contribution < -0.4 is 4.74 Å². The maximum atomic E-state index is 14.5. The standard InChI is InChI=1S/C38H25N3O9/c42-29(21-13-17-24(18-14-21)50-38(46)30-10-5-19-49-30)20-39(35(43)22-11-15-23(16-12-22)41(47)48)40-36(44)33-31-25-6-1-2-7-26(25)32(34(33)37(40)45)28-9-4-3-8-27(28)31/h1-19,31-34H,20H2/t31?,32?,33-,34-/m0/s1. The Balaban J connectivity index is 1.14. The van der Waals surface area contributed by atoms with Gasteiger partial charge in [-0.2, -0.15) is 5.01 Å². The summed E-state index contributed by atoms with van der Waals surface area (Å²) in [5, 5.41) is 12.9. The molecule has 50 heavy (non-hydrogen) atoms. The van der Waals surface area contributed by atoms with Gasteiger partial charge < -0.3 is 9.15 Å². The number of rotatable bonds is 8. The number of esters is 1. The summed E-state index contributed by atoms with van der Waals surface area (Å²) in [5.74, 6) is -5.83. The molecule has 0 N–H and O–H groups in total. The number of non-ortho nitro benzene ring substituents is 1. The van der Waals surface area contributed by atoms with E-state index in [4.69, 9.17) is 9.15 Å². The lowest BCUT2D eigenvalue weighted by molar-refractivity contribution is -0.384. The van der Waals surface area contributed by atoms with Crippen LogP contribution in [-0.2, 0) is 9.59 Å². The molecule has 0 saturated carbocycles. The maximum Gasteiger partial charge on any atom is 0.379 e. The van der Waals surface area contributed by atoms with E-state index >= 15 is 0 Å². The van der Waals surface area contributed by atoms with Crippen molar-refractivity contribution >= 4 is 35.2 Å². The van der Waals surface area contributed by atoms with E-state index in [2.05, 4.69) is 0 Å². The first-order chi connectivity index (χ1) is 24.2. The van der Waals surface area contributed by atoms with Crippen molar-refractivity contribution in [1.82, 2.24) is 10.0 Å². The second kappa shape index (κ2) is 11.8. The Kier molecular flexibility index (Phi) is 7.21. The number of ether oxygens (including phenoxy) is 1. The molecule has 4 aromatic carbocycles. The van der Waals surface area contributed by atoms with Crippen molar-refractivity contribution in [2.75, 3.05) is 6.54 Å². The molecule has 2 atom stereocenters. The Morgan fingerprint density at radius 3 is 1.72 bits per heavy atom. The molecule has 246 valence electrons. The van der Waals surface area contributed by atoms with Crippen LogP contribution in [0.4, 0.5) is 5.69 Å². The molecule has 0 spiro atoms. The SMILES string of the molecule is O=C(CN(C(=O)c1ccc([N+](=O)[O-])cc1)N1C(=O)[C@H]2C3c4ccccc4C(c4ccccc43)[C@@H]2C1=O)c1ccc(OC(=O)c2ccco2)cc1. The van der Waals surface area contributed by atoms with E-state index in [0.29, 0.717) is 0 Å². The number of Topliss-reactive ketones (excluding diaryl/α,β-unsaturated/α-hetero) is 1. The third kappa shape index (κ3) is 4.80. The minimum Gasteiger partial charge on any atom is -0.457 e. The van der Waals surface area contributed by atoms with Gasteiger partial charge in [0.2, 0.25) is 5.76 Å². The number of imide groups is 1. The first-order valence-corrected chi connectivity index (χ1v) is 15.7. The van der Waals surface area contributed by atoms with Gasteiger partial charge in [-0.3, -0.25) is 29.3 Å². The molecular formula is C38H25N3O9. The molecule has 12 heteroatoms. The number of carbonyl (C=O) groups is 5. The first kappa shape index (κ1) is 30.6. The molecule has 1 saturated heterocycles. The number of carbonyl (C=O) groups excluding carboxylic acids is 5. The first-order valence-electron chi connectivity index (χ1n) is 15.7. The molecule has 3 aliphatic carbocycles. The van der Waals surface area contributed by atoms with Crippen molar-refractivity contribution in [1.29, 1.82) is 0 Å². The fourth-order valence-electron chi connectivity index (χ4n) is 7.50. The summed E-state index contributed by atoms with van der Waals surface area (Å²) < 4.78 is 10.3. The Morgan fingerprint density at radius 1 is 0.720 bits per heavy atom. The lowest BCUT2D eigenvalue weighted by Gasteiger charge is -2.45. The summed E-state index contributed by atoms with van der Waals surface area (Å²) >= 11 is 0. The number of amides is 3. The van der Waals surface area contributed by atoms with Gasteiger partial charge in [-0.05, 0) is 70.8 Å². The van der Waals surface area contributed by atoms with Gasteiger partial charge in [0.25, 0.3) is 23.4 Å². The number of nitrogens with zero attached hydrogens (tertiary/aromatic N) is 3.